The molecule has 3 atom stereocenters. The number of nitrogens with one attached hydrogen (secondary N) is 1. The molecule has 0 radical (unpaired) electrons. The van der Waals surface area contributed by atoms with Gasteiger partial charge in [-0.1, -0.05) is 53.5 Å². The van der Waals surface area contributed by atoms with Crippen molar-refractivity contribution in [1.29, 1.82) is 0 Å². The number of nitrogens with zero attached hydrogens (tertiary/aromatic N) is 2. The first-order valence-corrected chi connectivity index (χ1v) is 17.4. The van der Waals surface area contributed by atoms with Crippen LogP contribution in [0.1, 0.15) is 57.6 Å². The molecule has 10 nitrogen and oxygen atoms in total. The number of fused-ring (bicyclic) bond motifs is 3. The third kappa shape index (κ3) is 8.73. The molecule has 7 rings (SSSR count). The van der Waals surface area contributed by atoms with Crippen molar-refractivity contribution >= 4 is 35.1 Å². The van der Waals surface area contributed by atoms with Crippen molar-refractivity contribution in [2.24, 2.45) is 5.92 Å². The average Bonchev–Trinajstić information content (AvgIpc) is 3.13. The van der Waals surface area contributed by atoms with Crippen LogP contribution in [0.2, 0.25) is 10.0 Å². The lowest BCUT2D eigenvalue weighted by Gasteiger charge is -2.44. The molecule has 3 aliphatic rings. The Morgan fingerprint density at radius 1 is 0.961 bits per heavy atom. The summed E-state index contributed by atoms with van der Waals surface area (Å²) in [5, 5.41) is 15.4. The van der Waals surface area contributed by atoms with Crippen LogP contribution in [0, 0.1) is 16.9 Å². The lowest BCUT2D eigenvalue weighted by atomic mass is 9.86. The van der Waals surface area contributed by atoms with E-state index in [1.807, 2.05) is 6.07 Å². The molecule has 2 unspecified atom stereocenters. The van der Waals surface area contributed by atoms with Crippen molar-refractivity contribution < 1.29 is 37.7 Å². The normalized spacial score (nSPS) is 19.2. The maximum atomic E-state index is 13.8. The van der Waals surface area contributed by atoms with Gasteiger partial charge < -0.3 is 24.2 Å². The predicted molar refractivity (Wildman–Crippen MR) is 188 cm³/mol. The molecule has 268 valence electrons. The summed E-state index contributed by atoms with van der Waals surface area (Å²) in [4.78, 5) is 29.6. The number of ether oxygens (including phenoxy) is 4. The zero-order valence-electron chi connectivity index (χ0n) is 28.2. The molecular formula is C38H38Cl2FN3O7. The monoisotopic (exact) mass is 737 g/mol. The zero-order valence-corrected chi connectivity index (χ0v) is 29.7. The van der Waals surface area contributed by atoms with Crippen LogP contribution in [0.5, 0.6) is 11.5 Å². The summed E-state index contributed by atoms with van der Waals surface area (Å²) in [6, 6.07) is 16.8. The molecule has 1 N–H and O–H groups in total. The Bertz CT molecular complexity index is 1850. The molecule has 3 saturated heterocycles. The molecule has 13 heteroatoms. The van der Waals surface area contributed by atoms with E-state index in [0.29, 0.717) is 50.9 Å². The minimum Gasteiger partial charge on any atom is -0.619 e. The summed E-state index contributed by atoms with van der Waals surface area (Å²) in [6.45, 7) is 2.94. The number of pyridine rings is 1. The van der Waals surface area contributed by atoms with Crippen LogP contribution in [0.25, 0.3) is 0 Å². The highest BCUT2D eigenvalue weighted by molar-refractivity contribution is 6.35. The number of methoxy groups -OCH3 is 2. The molecular weight excluding hydrogens is 700 g/mol. The quantitative estimate of drug-likeness (QED) is 0.0948. The van der Waals surface area contributed by atoms with E-state index in [9.17, 15) is 19.2 Å². The molecule has 0 spiro atoms. The Kier molecular flexibility index (Phi) is 11.6. The summed E-state index contributed by atoms with van der Waals surface area (Å²) in [5.74, 6) is -0.234. The van der Waals surface area contributed by atoms with Gasteiger partial charge in [-0.25, -0.2) is 14.0 Å². The molecule has 3 fully saturated rings. The molecule has 0 aliphatic carbocycles. The highest BCUT2D eigenvalue weighted by Crippen LogP contribution is 2.36. The van der Waals surface area contributed by atoms with Gasteiger partial charge in [0.15, 0.2) is 23.9 Å². The molecule has 4 aromatic rings. The fraction of sp³-hybridized carbons (Fsp3) is 0.342. The van der Waals surface area contributed by atoms with Gasteiger partial charge in [-0.2, -0.15) is 4.73 Å². The second-order valence-corrected chi connectivity index (χ2v) is 13.5. The fourth-order valence-electron chi connectivity index (χ4n) is 6.67. The van der Waals surface area contributed by atoms with E-state index in [1.54, 1.807) is 48.5 Å². The highest BCUT2D eigenvalue weighted by Gasteiger charge is 2.38. The third-order valence-electron chi connectivity index (χ3n) is 9.45. The lowest BCUT2D eigenvalue weighted by molar-refractivity contribution is -0.605. The van der Waals surface area contributed by atoms with Crippen LogP contribution < -0.4 is 19.5 Å². The first-order valence-electron chi connectivity index (χ1n) is 16.6. The van der Waals surface area contributed by atoms with Gasteiger partial charge in [0.2, 0.25) is 0 Å². The average molecular weight is 739 g/mol. The highest BCUT2D eigenvalue weighted by atomic mass is 35.5. The van der Waals surface area contributed by atoms with Crippen molar-refractivity contribution in [3.63, 3.8) is 0 Å². The summed E-state index contributed by atoms with van der Waals surface area (Å²) >= 11 is 12.8. The molecule has 1 aromatic heterocycles. The van der Waals surface area contributed by atoms with E-state index in [4.69, 9.17) is 42.1 Å². The second-order valence-electron chi connectivity index (χ2n) is 12.7. The standard InChI is InChI=1S/C38H38Cl2FN3O7/c1-48-32-11-8-26(17-34(32)49-2)33(18-29-30(39)20-44(47)21-31(29)40)50-37(45)27-5-3-4-23(16-27)19-42-36(25-6-9-28(41)10-7-25)38(46)51-35-22-43-14-12-24(35)13-15-43/h3-11,16-17,20-21,24,33,35-36,42H,12-15,18-19,22H2,1-2H3/t33?,35-,36?/m0/s1. The summed E-state index contributed by atoms with van der Waals surface area (Å²) in [6.07, 6.45) is 3.32. The Morgan fingerprint density at radius 2 is 1.65 bits per heavy atom. The van der Waals surface area contributed by atoms with E-state index in [-0.39, 0.29) is 34.7 Å². The van der Waals surface area contributed by atoms with E-state index in [0.717, 1.165) is 25.9 Å². The third-order valence-corrected chi connectivity index (χ3v) is 10.1. The summed E-state index contributed by atoms with van der Waals surface area (Å²) in [7, 11) is 3.01. The molecule has 0 saturated carbocycles. The van der Waals surface area contributed by atoms with Crippen LogP contribution in [0.3, 0.4) is 0 Å². The molecule has 2 bridgehead atoms. The van der Waals surface area contributed by atoms with Crippen molar-refractivity contribution in [3.8, 4) is 11.5 Å². The van der Waals surface area contributed by atoms with Crippen LogP contribution in [-0.4, -0.2) is 56.8 Å². The Morgan fingerprint density at radius 3 is 2.29 bits per heavy atom. The largest absolute Gasteiger partial charge is 0.619 e. The molecule has 3 aliphatic heterocycles. The summed E-state index contributed by atoms with van der Waals surface area (Å²) in [5.41, 5.74) is 2.53. The van der Waals surface area contributed by atoms with Crippen molar-refractivity contribution in [2.75, 3.05) is 33.9 Å². The van der Waals surface area contributed by atoms with Gasteiger partial charge in [0, 0.05) is 25.1 Å². The molecule has 51 heavy (non-hydrogen) atoms. The predicted octanol–water partition coefficient (Wildman–Crippen LogP) is 6.39. The number of carbonyl (C=O) groups excluding carboxylic acids is 2. The molecule has 0 amide bonds. The number of hydrogen-bond donors (Lipinski definition) is 1. The summed E-state index contributed by atoms with van der Waals surface area (Å²) < 4.78 is 37.3. The Balaban J connectivity index is 1.21. The van der Waals surface area contributed by atoms with E-state index < -0.39 is 29.9 Å². The zero-order chi connectivity index (χ0) is 36.1. The number of hydrogen-bond acceptors (Lipinski definition) is 9. The topological polar surface area (TPSA) is 113 Å². The Hall–Kier alpha value is -4.42. The van der Waals surface area contributed by atoms with Crippen LogP contribution in [0.4, 0.5) is 4.39 Å². The number of aromatic nitrogens is 1. The van der Waals surface area contributed by atoms with Gasteiger partial charge in [0.05, 0.1) is 19.8 Å². The van der Waals surface area contributed by atoms with Gasteiger partial charge in [-0.3, -0.25) is 10.2 Å². The fourth-order valence-corrected chi connectivity index (χ4v) is 7.27. The Labute approximate surface area is 305 Å². The van der Waals surface area contributed by atoms with Gasteiger partial charge in [0.1, 0.15) is 34.1 Å². The number of piperidine rings is 3. The van der Waals surface area contributed by atoms with Crippen molar-refractivity contribution in [1.82, 2.24) is 10.2 Å². The van der Waals surface area contributed by atoms with Crippen molar-refractivity contribution in [2.45, 2.75) is 44.1 Å². The van der Waals surface area contributed by atoms with E-state index in [2.05, 4.69) is 10.2 Å². The minimum absolute atomic E-state index is 0.0576. The SMILES string of the molecule is COc1ccc(C(Cc2c(Cl)c[n+]([O-])cc2Cl)OC(=O)c2cccc(CNC(C(=O)O[C@H]3CN4CCC3CC4)c3ccc(F)cc3)c2)cc1OC. The van der Waals surface area contributed by atoms with Crippen LogP contribution >= 0.6 is 23.2 Å². The number of esters is 2. The smallest absolute Gasteiger partial charge is 0.338 e. The van der Waals surface area contributed by atoms with Crippen LogP contribution in [-0.2, 0) is 27.2 Å². The first-order chi connectivity index (χ1) is 24.6. The van der Waals surface area contributed by atoms with Gasteiger partial charge in [0.25, 0.3) is 0 Å². The number of halogens is 3. The van der Waals surface area contributed by atoms with E-state index >= 15 is 0 Å². The first kappa shape index (κ1) is 36.4. The lowest BCUT2D eigenvalue weighted by Crippen LogP contribution is -2.52. The number of rotatable bonds is 13. The molecule has 4 heterocycles. The number of benzene rings is 3. The minimum atomic E-state index is -0.888. The van der Waals surface area contributed by atoms with Crippen LogP contribution in [0.15, 0.2) is 79.1 Å². The molecule has 3 aromatic carbocycles. The van der Waals surface area contributed by atoms with Crippen molar-refractivity contribution in [3.05, 3.63) is 128 Å². The number of carbonyl (C=O) groups is 2. The van der Waals surface area contributed by atoms with E-state index in [1.165, 1.54) is 38.7 Å². The second kappa shape index (κ2) is 16.3. The maximum Gasteiger partial charge on any atom is 0.338 e. The van der Waals surface area contributed by atoms with Gasteiger partial charge in [-0.05, 0) is 84.9 Å². The van der Waals surface area contributed by atoms with Gasteiger partial charge >= 0.3 is 11.9 Å². The maximum absolute atomic E-state index is 13.8. The van der Waals surface area contributed by atoms with Gasteiger partial charge in [-0.15, -0.1) is 0 Å².